The molecule has 1 N–H and O–H groups in total. The number of rotatable bonds is 4. The molecule has 1 aliphatic rings. The Morgan fingerprint density at radius 2 is 2.33 bits per heavy atom. The zero-order valence-corrected chi connectivity index (χ0v) is 10.8. The molecular formula is C10H15N3O4S. The van der Waals surface area contributed by atoms with Crippen LogP contribution in [0.25, 0.3) is 0 Å². The van der Waals surface area contributed by atoms with Gasteiger partial charge < -0.3 is 9.67 Å². The van der Waals surface area contributed by atoms with E-state index in [1.807, 2.05) is 0 Å². The molecule has 1 atom stereocenters. The maximum Gasteiger partial charge on any atom is 0.322 e. The summed E-state index contributed by atoms with van der Waals surface area (Å²) in [7, 11) is -3.78. The Bertz CT molecular complexity index is 551. The van der Waals surface area contributed by atoms with Crippen LogP contribution in [0.3, 0.4) is 0 Å². The van der Waals surface area contributed by atoms with Crippen molar-refractivity contribution in [3.63, 3.8) is 0 Å². The van der Waals surface area contributed by atoms with Gasteiger partial charge in [-0.2, -0.15) is 4.31 Å². The van der Waals surface area contributed by atoms with E-state index in [1.54, 1.807) is 6.92 Å². The van der Waals surface area contributed by atoms with E-state index in [-0.39, 0.29) is 11.6 Å². The largest absolute Gasteiger partial charge is 0.480 e. The average molecular weight is 273 g/mol. The molecule has 0 bridgehead atoms. The third-order valence-corrected chi connectivity index (χ3v) is 5.00. The highest BCUT2D eigenvalue weighted by Gasteiger charge is 2.40. The standard InChI is InChI=1S/C10H15N3O4S/c1-2-12-7-11-6-9(12)18(16,17)13-5-3-4-8(13)10(14)15/h6-8H,2-5H2,1H3,(H,14,15). The number of hydrogen-bond donors (Lipinski definition) is 1. The number of carboxylic acid groups (broad SMARTS) is 1. The summed E-state index contributed by atoms with van der Waals surface area (Å²) in [6.45, 7) is 2.52. The minimum Gasteiger partial charge on any atom is -0.480 e. The van der Waals surface area contributed by atoms with Gasteiger partial charge in [-0.1, -0.05) is 0 Å². The van der Waals surface area contributed by atoms with E-state index in [0.29, 0.717) is 19.4 Å². The second kappa shape index (κ2) is 4.69. The summed E-state index contributed by atoms with van der Waals surface area (Å²) in [4.78, 5) is 14.9. The molecule has 1 unspecified atom stereocenters. The molecule has 0 spiro atoms. The Hall–Kier alpha value is -1.41. The molecule has 1 saturated heterocycles. The lowest BCUT2D eigenvalue weighted by atomic mass is 10.2. The smallest absolute Gasteiger partial charge is 0.322 e. The van der Waals surface area contributed by atoms with E-state index in [2.05, 4.69) is 4.98 Å². The van der Waals surface area contributed by atoms with Gasteiger partial charge in [-0.25, -0.2) is 13.4 Å². The van der Waals surface area contributed by atoms with Gasteiger partial charge in [0.1, 0.15) is 6.04 Å². The van der Waals surface area contributed by atoms with Crippen LogP contribution in [0.5, 0.6) is 0 Å². The molecular weight excluding hydrogens is 258 g/mol. The fraction of sp³-hybridized carbons (Fsp3) is 0.600. The number of sulfonamides is 1. The summed E-state index contributed by atoms with van der Waals surface area (Å²) in [6.07, 6.45) is 3.61. The van der Waals surface area contributed by atoms with Crippen molar-refractivity contribution in [2.24, 2.45) is 0 Å². The molecule has 0 aliphatic carbocycles. The molecule has 1 fully saturated rings. The Morgan fingerprint density at radius 1 is 1.61 bits per heavy atom. The van der Waals surface area contributed by atoms with Gasteiger partial charge in [-0.05, 0) is 19.8 Å². The lowest BCUT2D eigenvalue weighted by Gasteiger charge is -2.21. The topological polar surface area (TPSA) is 92.5 Å². The molecule has 100 valence electrons. The second-order valence-electron chi connectivity index (χ2n) is 4.13. The van der Waals surface area contributed by atoms with Crippen molar-refractivity contribution in [3.8, 4) is 0 Å². The first kappa shape index (κ1) is 13.0. The van der Waals surface area contributed by atoms with Crippen LogP contribution < -0.4 is 0 Å². The lowest BCUT2D eigenvalue weighted by molar-refractivity contribution is -0.140. The summed E-state index contributed by atoms with van der Waals surface area (Å²) >= 11 is 0. The number of carbonyl (C=O) groups is 1. The Labute approximate surface area is 105 Å². The summed E-state index contributed by atoms with van der Waals surface area (Å²) in [5.74, 6) is -1.10. The van der Waals surface area contributed by atoms with Crippen molar-refractivity contribution in [2.45, 2.75) is 37.4 Å². The van der Waals surface area contributed by atoms with Crippen LogP contribution in [0, 0.1) is 0 Å². The molecule has 0 saturated carbocycles. The monoisotopic (exact) mass is 273 g/mol. The molecule has 0 aromatic carbocycles. The normalized spacial score (nSPS) is 21.3. The fourth-order valence-corrected chi connectivity index (χ4v) is 3.96. The van der Waals surface area contributed by atoms with E-state index in [9.17, 15) is 13.2 Å². The predicted molar refractivity (Wildman–Crippen MR) is 62.5 cm³/mol. The highest BCUT2D eigenvalue weighted by molar-refractivity contribution is 7.89. The summed E-state index contributed by atoms with van der Waals surface area (Å²) < 4.78 is 27.3. The first-order valence-electron chi connectivity index (χ1n) is 5.73. The van der Waals surface area contributed by atoms with Gasteiger partial charge in [-0.3, -0.25) is 4.79 Å². The van der Waals surface area contributed by atoms with Crippen molar-refractivity contribution in [3.05, 3.63) is 12.5 Å². The van der Waals surface area contributed by atoms with Crippen LogP contribution in [-0.4, -0.2) is 45.9 Å². The highest BCUT2D eigenvalue weighted by atomic mass is 32.2. The molecule has 0 radical (unpaired) electrons. The summed E-state index contributed by atoms with van der Waals surface area (Å²) in [5.41, 5.74) is 0. The van der Waals surface area contributed by atoms with Gasteiger partial charge >= 0.3 is 5.97 Å². The molecule has 1 aromatic heterocycles. The summed E-state index contributed by atoms with van der Waals surface area (Å²) in [6, 6.07) is -0.963. The first-order valence-corrected chi connectivity index (χ1v) is 7.17. The van der Waals surface area contributed by atoms with Gasteiger partial charge in [0, 0.05) is 13.1 Å². The number of hydrogen-bond acceptors (Lipinski definition) is 4. The lowest BCUT2D eigenvalue weighted by Crippen LogP contribution is -2.41. The number of nitrogens with zero attached hydrogens (tertiary/aromatic N) is 3. The van der Waals surface area contributed by atoms with Crippen LogP contribution in [0.15, 0.2) is 17.6 Å². The number of aryl methyl sites for hydroxylation is 1. The SMILES string of the molecule is CCn1cncc1S(=O)(=O)N1CCCC1C(=O)O. The number of carboxylic acids is 1. The third kappa shape index (κ3) is 2.01. The predicted octanol–water partition coefficient (Wildman–Crippen LogP) is 0.141. The quantitative estimate of drug-likeness (QED) is 0.842. The van der Waals surface area contributed by atoms with E-state index in [4.69, 9.17) is 5.11 Å². The molecule has 0 amide bonds. The van der Waals surface area contributed by atoms with Crippen LogP contribution in [0.1, 0.15) is 19.8 Å². The van der Waals surface area contributed by atoms with E-state index < -0.39 is 22.0 Å². The van der Waals surface area contributed by atoms with Crippen LogP contribution in [-0.2, 0) is 21.4 Å². The maximum absolute atomic E-state index is 12.4. The molecule has 2 rings (SSSR count). The van der Waals surface area contributed by atoms with E-state index in [0.717, 1.165) is 4.31 Å². The molecule has 7 nitrogen and oxygen atoms in total. The first-order chi connectivity index (χ1) is 8.48. The van der Waals surface area contributed by atoms with Gasteiger partial charge in [0.2, 0.25) is 0 Å². The van der Waals surface area contributed by atoms with E-state index >= 15 is 0 Å². The zero-order valence-electron chi connectivity index (χ0n) is 9.98. The molecule has 2 heterocycles. The summed E-state index contributed by atoms with van der Waals surface area (Å²) in [5, 5.41) is 9.10. The minimum atomic E-state index is -3.78. The van der Waals surface area contributed by atoms with Crippen molar-refractivity contribution in [1.82, 2.24) is 13.9 Å². The highest BCUT2D eigenvalue weighted by Crippen LogP contribution is 2.26. The molecule has 8 heteroatoms. The van der Waals surface area contributed by atoms with Gasteiger partial charge in [-0.15, -0.1) is 0 Å². The minimum absolute atomic E-state index is 0.0538. The van der Waals surface area contributed by atoms with E-state index in [1.165, 1.54) is 17.1 Å². The maximum atomic E-state index is 12.4. The number of aromatic nitrogens is 2. The van der Waals surface area contributed by atoms with Crippen molar-refractivity contribution < 1.29 is 18.3 Å². The van der Waals surface area contributed by atoms with Gasteiger partial charge in [0.25, 0.3) is 10.0 Å². The molecule has 18 heavy (non-hydrogen) atoms. The second-order valence-corrected chi connectivity index (χ2v) is 5.97. The van der Waals surface area contributed by atoms with Crippen LogP contribution >= 0.6 is 0 Å². The van der Waals surface area contributed by atoms with Crippen molar-refractivity contribution in [1.29, 1.82) is 0 Å². The van der Waals surface area contributed by atoms with Crippen molar-refractivity contribution in [2.75, 3.05) is 6.54 Å². The van der Waals surface area contributed by atoms with Crippen LogP contribution in [0.2, 0.25) is 0 Å². The Kier molecular flexibility index (Phi) is 3.40. The fourth-order valence-electron chi connectivity index (χ4n) is 2.16. The van der Waals surface area contributed by atoms with Crippen LogP contribution in [0.4, 0.5) is 0 Å². The third-order valence-electron chi connectivity index (χ3n) is 3.08. The van der Waals surface area contributed by atoms with Crippen molar-refractivity contribution >= 4 is 16.0 Å². The molecule has 1 aliphatic heterocycles. The Morgan fingerprint density at radius 3 is 2.94 bits per heavy atom. The number of aliphatic carboxylic acids is 1. The zero-order chi connectivity index (χ0) is 13.3. The Balaban J connectivity index is 2.40. The van der Waals surface area contributed by atoms with Gasteiger partial charge in [0.05, 0.1) is 12.5 Å². The average Bonchev–Trinajstić information content (AvgIpc) is 2.98. The number of imidazole rings is 1. The molecule has 1 aromatic rings. The van der Waals surface area contributed by atoms with Gasteiger partial charge in [0.15, 0.2) is 5.03 Å².